The lowest BCUT2D eigenvalue weighted by molar-refractivity contribution is -0.116. The molecule has 1 aromatic carbocycles. The zero-order valence-corrected chi connectivity index (χ0v) is 13.3. The molecule has 0 fully saturated rings. The number of halogens is 2. The van der Waals surface area contributed by atoms with Gasteiger partial charge in [-0.25, -0.2) is 0 Å². The van der Waals surface area contributed by atoms with Crippen molar-refractivity contribution < 1.29 is 4.79 Å². The molecule has 0 atom stereocenters. The first-order valence-electron chi connectivity index (χ1n) is 6.61. The molecule has 0 saturated carbocycles. The van der Waals surface area contributed by atoms with Crippen molar-refractivity contribution in [2.45, 2.75) is 19.8 Å². The fourth-order valence-electron chi connectivity index (χ4n) is 1.81. The van der Waals surface area contributed by atoms with E-state index >= 15 is 0 Å². The van der Waals surface area contributed by atoms with Crippen LogP contribution >= 0.6 is 23.2 Å². The summed E-state index contributed by atoms with van der Waals surface area (Å²) in [5.74, 6) is -0.182. The Morgan fingerprint density at radius 1 is 1.38 bits per heavy atom. The van der Waals surface area contributed by atoms with Crippen LogP contribution in [0.2, 0.25) is 10.0 Å². The zero-order valence-electron chi connectivity index (χ0n) is 11.8. The number of anilines is 2. The van der Waals surface area contributed by atoms with Gasteiger partial charge in [-0.2, -0.15) is 5.26 Å². The average molecular weight is 329 g/mol. The second-order valence-corrected chi connectivity index (χ2v) is 5.31. The highest BCUT2D eigenvalue weighted by Gasteiger charge is 2.12. The van der Waals surface area contributed by atoms with Crippen LogP contribution in [-0.2, 0) is 4.79 Å². The molecule has 0 radical (unpaired) electrons. The van der Waals surface area contributed by atoms with E-state index in [4.69, 9.17) is 34.2 Å². The Morgan fingerprint density at radius 3 is 2.52 bits per heavy atom. The summed E-state index contributed by atoms with van der Waals surface area (Å²) in [6, 6.07) is 5.16. The number of benzene rings is 1. The smallest absolute Gasteiger partial charge is 0.225 e. The molecule has 0 spiro atoms. The van der Waals surface area contributed by atoms with Gasteiger partial charge < -0.3 is 16.0 Å². The summed E-state index contributed by atoms with van der Waals surface area (Å²) in [4.78, 5) is 14.0. The minimum atomic E-state index is -0.182. The van der Waals surface area contributed by atoms with Crippen LogP contribution in [0.5, 0.6) is 0 Å². The molecule has 0 bridgehead atoms. The first-order chi connectivity index (χ1) is 9.97. The lowest BCUT2D eigenvalue weighted by Crippen LogP contribution is -2.28. The van der Waals surface area contributed by atoms with E-state index in [-0.39, 0.29) is 5.91 Å². The topological polar surface area (TPSA) is 82.2 Å². The standard InChI is InChI=1S/C14H18Cl2N4O/c1-2-20(6-3-5-17)7-4-13(21)19-14-11(15)8-10(18)9-12(14)16/h8-9H,2-4,6-7,18H2,1H3,(H,19,21). The summed E-state index contributed by atoms with van der Waals surface area (Å²) >= 11 is 12.0. The number of nitrogens with two attached hydrogens (primary N) is 1. The van der Waals surface area contributed by atoms with Crippen molar-refractivity contribution in [1.82, 2.24) is 4.90 Å². The van der Waals surface area contributed by atoms with Crippen molar-refractivity contribution in [1.29, 1.82) is 5.26 Å². The van der Waals surface area contributed by atoms with Gasteiger partial charge >= 0.3 is 0 Å². The fourth-order valence-corrected chi connectivity index (χ4v) is 2.41. The third kappa shape index (κ3) is 5.80. The predicted octanol–water partition coefficient (Wildman–Crippen LogP) is 3.14. The quantitative estimate of drug-likeness (QED) is 0.753. The summed E-state index contributed by atoms with van der Waals surface area (Å²) in [6.07, 6.45) is 0.751. The maximum atomic E-state index is 11.9. The number of nitrogens with one attached hydrogen (secondary N) is 1. The van der Waals surface area contributed by atoms with E-state index < -0.39 is 0 Å². The molecule has 21 heavy (non-hydrogen) atoms. The minimum absolute atomic E-state index is 0.182. The summed E-state index contributed by atoms with van der Waals surface area (Å²) in [5, 5.41) is 11.9. The Morgan fingerprint density at radius 2 is 2.00 bits per heavy atom. The molecule has 0 heterocycles. The van der Waals surface area contributed by atoms with Crippen molar-refractivity contribution in [2.75, 3.05) is 30.7 Å². The lowest BCUT2D eigenvalue weighted by Gasteiger charge is -2.18. The molecule has 1 rings (SSSR count). The number of nitrogens with zero attached hydrogens (tertiary/aromatic N) is 2. The van der Waals surface area contributed by atoms with Crippen molar-refractivity contribution >= 4 is 40.5 Å². The number of hydrogen-bond acceptors (Lipinski definition) is 4. The van der Waals surface area contributed by atoms with Crippen LogP contribution in [0, 0.1) is 11.3 Å². The summed E-state index contributed by atoms with van der Waals surface area (Å²) in [6.45, 7) is 4.01. The molecule has 1 aromatic rings. The normalized spacial score (nSPS) is 10.4. The molecule has 5 nitrogen and oxygen atoms in total. The van der Waals surface area contributed by atoms with Gasteiger partial charge in [-0.05, 0) is 18.7 Å². The van der Waals surface area contributed by atoms with E-state index in [0.717, 1.165) is 6.54 Å². The SMILES string of the molecule is CCN(CCC#N)CCC(=O)Nc1c(Cl)cc(N)cc1Cl. The van der Waals surface area contributed by atoms with E-state index in [1.807, 2.05) is 11.8 Å². The van der Waals surface area contributed by atoms with Gasteiger partial charge in [0.15, 0.2) is 0 Å². The van der Waals surface area contributed by atoms with Gasteiger partial charge in [0.05, 0.1) is 21.8 Å². The van der Waals surface area contributed by atoms with Crippen molar-refractivity contribution in [3.05, 3.63) is 22.2 Å². The van der Waals surface area contributed by atoms with E-state index in [1.54, 1.807) is 0 Å². The van der Waals surface area contributed by atoms with Gasteiger partial charge in [-0.15, -0.1) is 0 Å². The average Bonchev–Trinajstić information content (AvgIpc) is 2.43. The number of nitriles is 1. The first kappa shape index (κ1) is 17.6. The molecule has 7 heteroatoms. The largest absolute Gasteiger partial charge is 0.399 e. The van der Waals surface area contributed by atoms with Crippen molar-refractivity contribution in [2.24, 2.45) is 0 Å². The Hall–Kier alpha value is -1.48. The number of carbonyl (C=O) groups excluding carboxylic acids is 1. The van der Waals surface area contributed by atoms with Crippen molar-refractivity contribution in [3.63, 3.8) is 0 Å². The molecule has 114 valence electrons. The number of hydrogen-bond donors (Lipinski definition) is 2. The highest BCUT2D eigenvalue weighted by atomic mass is 35.5. The Bertz CT molecular complexity index is 519. The summed E-state index contributed by atoms with van der Waals surface area (Å²) in [7, 11) is 0. The molecule has 0 saturated heterocycles. The molecule has 0 aliphatic heterocycles. The second-order valence-electron chi connectivity index (χ2n) is 4.50. The van der Waals surface area contributed by atoms with E-state index in [1.165, 1.54) is 12.1 Å². The van der Waals surface area contributed by atoms with Crippen molar-refractivity contribution in [3.8, 4) is 6.07 Å². The van der Waals surface area contributed by atoms with E-state index in [9.17, 15) is 4.79 Å². The predicted molar refractivity (Wildman–Crippen MR) is 86.5 cm³/mol. The van der Waals surface area contributed by atoms with Gasteiger partial charge in [0, 0.05) is 31.6 Å². The van der Waals surface area contributed by atoms with Gasteiger partial charge in [0.1, 0.15) is 0 Å². The van der Waals surface area contributed by atoms with Crippen LogP contribution < -0.4 is 11.1 Å². The van der Waals surface area contributed by atoms with Crippen LogP contribution in [0.1, 0.15) is 19.8 Å². The Balaban J connectivity index is 2.56. The number of nitrogen functional groups attached to an aromatic ring is 1. The van der Waals surface area contributed by atoms with Crippen LogP contribution in [0.25, 0.3) is 0 Å². The molecule has 0 aliphatic carbocycles. The molecule has 1 amide bonds. The third-order valence-corrected chi connectivity index (χ3v) is 3.57. The fraction of sp³-hybridized carbons (Fsp3) is 0.429. The maximum Gasteiger partial charge on any atom is 0.225 e. The molecule has 0 aliphatic rings. The lowest BCUT2D eigenvalue weighted by atomic mass is 10.2. The van der Waals surface area contributed by atoms with Gasteiger partial charge in [-0.1, -0.05) is 30.1 Å². The first-order valence-corrected chi connectivity index (χ1v) is 7.37. The highest BCUT2D eigenvalue weighted by molar-refractivity contribution is 6.40. The minimum Gasteiger partial charge on any atom is -0.399 e. The number of rotatable bonds is 7. The summed E-state index contributed by atoms with van der Waals surface area (Å²) < 4.78 is 0. The monoisotopic (exact) mass is 328 g/mol. The number of carbonyl (C=O) groups is 1. The Labute approximate surface area is 134 Å². The Kier molecular flexibility index (Phi) is 7.30. The van der Waals surface area contributed by atoms with Gasteiger partial charge in [-0.3, -0.25) is 4.79 Å². The molecular weight excluding hydrogens is 311 g/mol. The molecule has 0 aromatic heterocycles. The van der Waals surface area contributed by atoms with E-state index in [0.29, 0.717) is 47.4 Å². The zero-order chi connectivity index (χ0) is 15.8. The van der Waals surface area contributed by atoms with Gasteiger partial charge in [0.25, 0.3) is 0 Å². The maximum absolute atomic E-state index is 11.9. The van der Waals surface area contributed by atoms with Crippen LogP contribution in [0.15, 0.2) is 12.1 Å². The van der Waals surface area contributed by atoms with E-state index in [2.05, 4.69) is 11.4 Å². The van der Waals surface area contributed by atoms with Crippen LogP contribution in [0.3, 0.4) is 0 Å². The second kappa shape index (κ2) is 8.73. The summed E-state index contributed by atoms with van der Waals surface area (Å²) in [5.41, 5.74) is 6.42. The molecular formula is C14H18Cl2N4O. The molecule has 0 unspecified atom stereocenters. The number of amides is 1. The highest BCUT2D eigenvalue weighted by Crippen LogP contribution is 2.32. The van der Waals surface area contributed by atoms with Crippen LogP contribution in [0.4, 0.5) is 11.4 Å². The van der Waals surface area contributed by atoms with Gasteiger partial charge in [0.2, 0.25) is 5.91 Å². The third-order valence-electron chi connectivity index (χ3n) is 2.97. The molecule has 3 N–H and O–H groups in total. The van der Waals surface area contributed by atoms with Crippen LogP contribution in [-0.4, -0.2) is 30.4 Å².